The number of ether oxygens (including phenoxy) is 2. The van der Waals surface area contributed by atoms with Crippen LogP contribution in [0.3, 0.4) is 0 Å². The van der Waals surface area contributed by atoms with Crippen molar-refractivity contribution in [3.8, 4) is 11.5 Å². The molecule has 3 aromatic carbocycles. The Hall–Kier alpha value is -2.30. The van der Waals surface area contributed by atoms with E-state index in [0.717, 1.165) is 40.2 Å². The molecule has 0 heterocycles. The Morgan fingerprint density at radius 3 is 2.30 bits per heavy atom. The maximum absolute atomic E-state index is 5.99. The average Bonchev–Trinajstić information content (AvgIpc) is 2.69. The fourth-order valence-electron chi connectivity index (χ4n) is 2.77. The van der Waals surface area contributed by atoms with Gasteiger partial charge in [0.25, 0.3) is 0 Å². The van der Waals surface area contributed by atoms with Crippen LogP contribution in [0, 0.1) is 6.92 Å². The van der Waals surface area contributed by atoms with Crippen LogP contribution >= 0.6 is 15.9 Å². The Morgan fingerprint density at radius 2 is 1.59 bits per heavy atom. The Balaban J connectivity index is 1.64. The monoisotopic (exact) mass is 425 g/mol. The van der Waals surface area contributed by atoms with E-state index in [1.165, 1.54) is 11.1 Å². The number of nitrogens with one attached hydrogen (secondary N) is 1. The molecule has 1 N–H and O–H groups in total. The molecule has 0 aliphatic carbocycles. The first-order valence-electron chi connectivity index (χ1n) is 8.95. The van der Waals surface area contributed by atoms with Gasteiger partial charge in [-0.25, -0.2) is 0 Å². The van der Waals surface area contributed by atoms with Gasteiger partial charge in [-0.05, 0) is 35.7 Å². The molecule has 3 aromatic rings. The van der Waals surface area contributed by atoms with E-state index in [1.807, 2.05) is 18.2 Å². The fourth-order valence-corrected chi connectivity index (χ4v) is 3.23. The second kappa shape index (κ2) is 9.58. The zero-order valence-corrected chi connectivity index (χ0v) is 17.3. The highest BCUT2D eigenvalue weighted by Gasteiger charge is 2.11. The zero-order chi connectivity index (χ0) is 19.1. The molecule has 3 rings (SSSR count). The van der Waals surface area contributed by atoms with Gasteiger partial charge in [0.05, 0.1) is 7.11 Å². The minimum Gasteiger partial charge on any atom is -0.493 e. The highest BCUT2D eigenvalue weighted by Crippen LogP contribution is 2.34. The van der Waals surface area contributed by atoms with Crippen molar-refractivity contribution in [1.29, 1.82) is 0 Å². The Morgan fingerprint density at radius 1 is 0.852 bits per heavy atom. The smallest absolute Gasteiger partial charge is 0.162 e. The molecule has 3 nitrogen and oxygen atoms in total. The lowest BCUT2D eigenvalue weighted by molar-refractivity contribution is 0.284. The third kappa shape index (κ3) is 5.59. The van der Waals surface area contributed by atoms with Crippen molar-refractivity contribution < 1.29 is 9.47 Å². The second-order valence-electron chi connectivity index (χ2n) is 6.46. The van der Waals surface area contributed by atoms with E-state index in [4.69, 9.17) is 9.47 Å². The Labute approximate surface area is 169 Å². The van der Waals surface area contributed by atoms with Gasteiger partial charge in [-0.15, -0.1) is 0 Å². The molecule has 0 spiro atoms. The molecule has 0 saturated carbocycles. The summed E-state index contributed by atoms with van der Waals surface area (Å²) in [4.78, 5) is 0. The Kier molecular flexibility index (Phi) is 6.91. The molecule has 0 bridgehead atoms. The van der Waals surface area contributed by atoms with Crippen LogP contribution in [-0.4, -0.2) is 7.11 Å². The van der Waals surface area contributed by atoms with Gasteiger partial charge in [-0.3, -0.25) is 0 Å². The van der Waals surface area contributed by atoms with E-state index < -0.39 is 0 Å². The van der Waals surface area contributed by atoms with E-state index in [9.17, 15) is 0 Å². The van der Waals surface area contributed by atoms with Gasteiger partial charge in [0.1, 0.15) is 6.61 Å². The summed E-state index contributed by atoms with van der Waals surface area (Å²) in [5.41, 5.74) is 4.77. The molecule has 0 aliphatic rings. The zero-order valence-electron chi connectivity index (χ0n) is 15.7. The van der Waals surface area contributed by atoms with Crippen molar-refractivity contribution in [1.82, 2.24) is 5.32 Å². The molecular weight excluding hydrogens is 402 g/mol. The summed E-state index contributed by atoms with van der Waals surface area (Å²) in [5, 5.41) is 3.47. The molecule has 0 amide bonds. The maximum Gasteiger partial charge on any atom is 0.162 e. The van der Waals surface area contributed by atoms with Crippen molar-refractivity contribution >= 4 is 15.9 Å². The highest BCUT2D eigenvalue weighted by atomic mass is 79.9. The quantitative estimate of drug-likeness (QED) is 0.506. The highest BCUT2D eigenvalue weighted by molar-refractivity contribution is 9.10. The molecule has 0 aromatic heterocycles. The predicted molar refractivity (Wildman–Crippen MR) is 113 cm³/mol. The minimum absolute atomic E-state index is 0.509. The summed E-state index contributed by atoms with van der Waals surface area (Å²) in [6.07, 6.45) is 0. The first-order chi connectivity index (χ1) is 13.2. The molecule has 27 heavy (non-hydrogen) atoms. The standard InChI is InChI=1S/C23H24BrNO2/c1-17-8-10-19(11-9-17)16-27-23-13-21(24)20(12-22(23)26-2)15-25-14-18-6-4-3-5-7-18/h3-13,25H,14-16H2,1-2H3. The number of methoxy groups -OCH3 is 1. The van der Waals surface area contributed by atoms with E-state index in [0.29, 0.717) is 6.61 Å². The minimum atomic E-state index is 0.509. The van der Waals surface area contributed by atoms with Gasteiger partial charge < -0.3 is 14.8 Å². The number of halogens is 1. The third-order valence-corrected chi connectivity index (χ3v) is 5.07. The average molecular weight is 426 g/mol. The summed E-state index contributed by atoms with van der Waals surface area (Å²) in [6.45, 7) is 4.15. The molecule has 0 fully saturated rings. The predicted octanol–water partition coefficient (Wildman–Crippen LogP) is 5.63. The van der Waals surface area contributed by atoms with Crippen molar-refractivity contribution in [3.63, 3.8) is 0 Å². The summed E-state index contributed by atoms with van der Waals surface area (Å²) in [7, 11) is 1.67. The summed E-state index contributed by atoms with van der Waals surface area (Å²) >= 11 is 3.66. The topological polar surface area (TPSA) is 30.5 Å². The van der Waals surface area contributed by atoms with Gasteiger partial charge in [-0.1, -0.05) is 76.1 Å². The molecule has 0 radical (unpaired) electrons. The van der Waals surface area contributed by atoms with Gasteiger partial charge in [0.15, 0.2) is 11.5 Å². The number of hydrogen-bond acceptors (Lipinski definition) is 3. The normalized spacial score (nSPS) is 10.6. The first kappa shape index (κ1) is 19.5. The van der Waals surface area contributed by atoms with Crippen LogP contribution in [-0.2, 0) is 19.7 Å². The van der Waals surface area contributed by atoms with Crippen LogP contribution in [0.15, 0.2) is 71.2 Å². The van der Waals surface area contributed by atoms with E-state index >= 15 is 0 Å². The lowest BCUT2D eigenvalue weighted by Gasteiger charge is -2.15. The van der Waals surface area contributed by atoms with E-state index in [2.05, 4.69) is 76.7 Å². The van der Waals surface area contributed by atoms with Crippen LogP contribution in [0.25, 0.3) is 0 Å². The summed E-state index contributed by atoms with van der Waals surface area (Å²) in [5.74, 6) is 1.47. The molecule has 0 unspecified atom stereocenters. The molecule has 0 aliphatic heterocycles. The first-order valence-corrected chi connectivity index (χ1v) is 9.74. The molecule has 140 valence electrons. The largest absolute Gasteiger partial charge is 0.493 e. The van der Waals surface area contributed by atoms with Crippen LogP contribution in [0.5, 0.6) is 11.5 Å². The number of aryl methyl sites for hydroxylation is 1. The van der Waals surface area contributed by atoms with Gasteiger partial charge in [0, 0.05) is 17.6 Å². The van der Waals surface area contributed by atoms with Gasteiger partial charge >= 0.3 is 0 Å². The van der Waals surface area contributed by atoms with Gasteiger partial charge in [0.2, 0.25) is 0 Å². The molecular formula is C23H24BrNO2. The molecule has 0 atom stereocenters. The van der Waals surface area contributed by atoms with Crippen LogP contribution in [0.2, 0.25) is 0 Å². The van der Waals surface area contributed by atoms with Crippen molar-refractivity contribution in [2.75, 3.05) is 7.11 Å². The lowest BCUT2D eigenvalue weighted by atomic mass is 10.1. The fraction of sp³-hybridized carbons (Fsp3) is 0.217. The Bertz CT molecular complexity index is 864. The number of rotatable bonds is 8. The number of hydrogen-bond donors (Lipinski definition) is 1. The van der Waals surface area contributed by atoms with E-state index in [-0.39, 0.29) is 0 Å². The van der Waals surface area contributed by atoms with Crippen LogP contribution in [0.1, 0.15) is 22.3 Å². The summed E-state index contributed by atoms with van der Waals surface area (Å²) in [6, 6.07) is 22.7. The van der Waals surface area contributed by atoms with Crippen molar-refractivity contribution in [2.24, 2.45) is 0 Å². The lowest BCUT2D eigenvalue weighted by Crippen LogP contribution is -2.13. The summed E-state index contributed by atoms with van der Waals surface area (Å²) < 4.78 is 12.5. The SMILES string of the molecule is COc1cc(CNCc2ccccc2)c(Br)cc1OCc1ccc(C)cc1. The van der Waals surface area contributed by atoms with Crippen LogP contribution < -0.4 is 14.8 Å². The number of benzene rings is 3. The van der Waals surface area contributed by atoms with Crippen LogP contribution in [0.4, 0.5) is 0 Å². The van der Waals surface area contributed by atoms with Crippen molar-refractivity contribution in [3.05, 3.63) is 93.5 Å². The molecule has 0 saturated heterocycles. The third-order valence-electron chi connectivity index (χ3n) is 4.34. The van der Waals surface area contributed by atoms with Crippen molar-refractivity contribution in [2.45, 2.75) is 26.6 Å². The van der Waals surface area contributed by atoms with E-state index in [1.54, 1.807) is 7.11 Å². The second-order valence-corrected chi connectivity index (χ2v) is 7.31. The maximum atomic E-state index is 5.99. The van der Waals surface area contributed by atoms with Gasteiger partial charge in [-0.2, -0.15) is 0 Å². The molecule has 4 heteroatoms.